The van der Waals surface area contributed by atoms with E-state index in [-0.39, 0.29) is 22.3 Å². The highest BCUT2D eigenvalue weighted by Crippen LogP contribution is 2.49. The van der Waals surface area contributed by atoms with Crippen molar-refractivity contribution in [3.05, 3.63) is 29.0 Å². The Morgan fingerprint density at radius 2 is 2.05 bits per heavy atom. The zero-order valence-corrected chi connectivity index (χ0v) is 13.1. The normalized spacial score (nSPS) is 24.2. The molecule has 112 valence electrons. The van der Waals surface area contributed by atoms with E-state index in [0.29, 0.717) is 6.04 Å². The minimum absolute atomic E-state index is 0.0505. The van der Waals surface area contributed by atoms with Gasteiger partial charge in [0.1, 0.15) is 6.10 Å². The third kappa shape index (κ3) is 2.53. The number of hydrogen-bond donors (Lipinski definition) is 1. The predicted octanol–water partition coefficient (Wildman–Crippen LogP) is 4.41. The van der Waals surface area contributed by atoms with Crippen LogP contribution in [0, 0.1) is 11.2 Å². The molecule has 1 fully saturated rings. The summed E-state index contributed by atoms with van der Waals surface area (Å²) in [6.45, 7) is 7.42. The van der Waals surface area contributed by atoms with Crippen LogP contribution in [0.4, 0.5) is 4.39 Å². The lowest BCUT2D eigenvalue weighted by molar-refractivity contribution is -0.0867. The van der Waals surface area contributed by atoms with Gasteiger partial charge < -0.3 is 10.1 Å². The van der Waals surface area contributed by atoms with Gasteiger partial charge in [-0.2, -0.15) is 0 Å². The number of hydrogen-bond acceptors (Lipinski definition) is 2. The van der Waals surface area contributed by atoms with Gasteiger partial charge in [-0.3, -0.25) is 0 Å². The maximum atomic E-state index is 14.0. The van der Waals surface area contributed by atoms with Gasteiger partial charge in [-0.05, 0) is 31.5 Å². The van der Waals surface area contributed by atoms with Gasteiger partial charge in [-0.1, -0.05) is 38.4 Å². The van der Waals surface area contributed by atoms with E-state index in [0.717, 1.165) is 25.8 Å². The summed E-state index contributed by atoms with van der Waals surface area (Å²) in [6, 6.07) is 5.37. The van der Waals surface area contributed by atoms with Gasteiger partial charge in [0.05, 0.1) is 5.02 Å². The number of rotatable bonds is 6. The second-order valence-corrected chi connectivity index (χ2v) is 5.85. The second kappa shape index (κ2) is 6.31. The summed E-state index contributed by atoms with van der Waals surface area (Å²) in [7, 11) is 0. The Morgan fingerprint density at radius 3 is 2.65 bits per heavy atom. The van der Waals surface area contributed by atoms with E-state index in [9.17, 15) is 4.39 Å². The molecule has 4 heteroatoms. The highest BCUT2D eigenvalue weighted by molar-refractivity contribution is 6.30. The number of benzene rings is 1. The van der Waals surface area contributed by atoms with Crippen molar-refractivity contribution in [3.63, 3.8) is 0 Å². The first-order chi connectivity index (χ1) is 9.58. The van der Waals surface area contributed by atoms with E-state index in [2.05, 4.69) is 26.1 Å². The zero-order valence-electron chi connectivity index (χ0n) is 12.4. The molecular weight excluding hydrogens is 277 g/mol. The molecule has 0 bridgehead atoms. The van der Waals surface area contributed by atoms with Crippen molar-refractivity contribution in [1.29, 1.82) is 0 Å². The van der Waals surface area contributed by atoms with Crippen LogP contribution in [0.1, 0.15) is 40.0 Å². The fourth-order valence-corrected chi connectivity index (χ4v) is 3.54. The molecule has 1 aliphatic carbocycles. The molecule has 0 heterocycles. The van der Waals surface area contributed by atoms with Crippen molar-refractivity contribution < 1.29 is 9.13 Å². The fourth-order valence-electron chi connectivity index (χ4n) is 3.37. The van der Waals surface area contributed by atoms with Gasteiger partial charge in [0.15, 0.2) is 11.6 Å². The van der Waals surface area contributed by atoms with E-state index in [1.54, 1.807) is 18.2 Å². The predicted molar refractivity (Wildman–Crippen MR) is 80.9 cm³/mol. The Kier molecular flexibility index (Phi) is 4.92. The standard InChI is InChI=1S/C16H23ClFNO/c1-4-16(5-2)13(19-6-3)10-14(16)20-12-9-7-8-11(17)15(12)18/h7-9,13-14,19H,4-6,10H2,1-3H3. The fraction of sp³-hybridized carbons (Fsp3) is 0.625. The molecule has 2 atom stereocenters. The lowest BCUT2D eigenvalue weighted by Gasteiger charge is -2.55. The molecule has 0 saturated heterocycles. The smallest absolute Gasteiger partial charge is 0.183 e. The molecule has 1 aromatic carbocycles. The summed E-state index contributed by atoms with van der Waals surface area (Å²) in [5, 5.41) is 3.63. The van der Waals surface area contributed by atoms with Gasteiger partial charge in [-0.15, -0.1) is 0 Å². The number of nitrogens with one attached hydrogen (secondary N) is 1. The van der Waals surface area contributed by atoms with Crippen LogP contribution >= 0.6 is 11.6 Å². The van der Waals surface area contributed by atoms with Crippen molar-refractivity contribution in [2.75, 3.05) is 6.54 Å². The minimum Gasteiger partial charge on any atom is -0.487 e. The summed E-state index contributed by atoms with van der Waals surface area (Å²) in [6.07, 6.45) is 3.01. The quantitative estimate of drug-likeness (QED) is 0.840. The Labute approximate surface area is 125 Å². The molecule has 1 aromatic rings. The van der Waals surface area contributed by atoms with E-state index in [1.807, 2.05) is 0 Å². The Morgan fingerprint density at radius 1 is 1.35 bits per heavy atom. The summed E-state index contributed by atoms with van der Waals surface area (Å²) in [4.78, 5) is 0. The molecular formula is C16H23ClFNO. The summed E-state index contributed by atoms with van der Waals surface area (Å²) >= 11 is 5.81. The minimum atomic E-state index is -0.456. The maximum absolute atomic E-state index is 14.0. The molecule has 2 rings (SSSR count). The summed E-state index contributed by atoms with van der Waals surface area (Å²) in [5.41, 5.74) is 0.0881. The molecule has 1 N–H and O–H groups in total. The molecule has 2 nitrogen and oxygen atoms in total. The molecule has 1 saturated carbocycles. The van der Waals surface area contributed by atoms with Crippen LogP contribution in [0.15, 0.2) is 18.2 Å². The average molecular weight is 300 g/mol. The summed E-state index contributed by atoms with van der Waals surface area (Å²) < 4.78 is 19.9. The Balaban J connectivity index is 2.15. The summed E-state index contributed by atoms with van der Waals surface area (Å²) in [5.74, 6) is -0.189. The van der Waals surface area contributed by atoms with Crippen LogP contribution in [0.3, 0.4) is 0 Å². The molecule has 0 spiro atoms. The molecule has 0 aliphatic heterocycles. The largest absolute Gasteiger partial charge is 0.487 e. The zero-order chi connectivity index (χ0) is 14.8. The lowest BCUT2D eigenvalue weighted by atomic mass is 9.58. The first-order valence-corrected chi connectivity index (χ1v) is 7.80. The van der Waals surface area contributed by atoms with Gasteiger partial charge in [0.2, 0.25) is 0 Å². The Hall–Kier alpha value is -0.800. The van der Waals surface area contributed by atoms with Crippen molar-refractivity contribution in [1.82, 2.24) is 5.32 Å². The van der Waals surface area contributed by atoms with Crippen molar-refractivity contribution in [2.45, 2.75) is 52.2 Å². The van der Waals surface area contributed by atoms with Crippen molar-refractivity contribution in [2.24, 2.45) is 5.41 Å². The molecule has 0 aromatic heterocycles. The first kappa shape index (κ1) is 15.6. The molecule has 0 amide bonds. The van der Waals surface area contributed by atoms with E-state index in [4.69, 9.17) is 16.3 Å². The topological polar surface area (TPSA) is 21.3 Å². The molecule has 20 heavy (non-hydrogen) atoms. The van der Waals surface area contributed by atoms with Gasteiger partial charge in [-0.25, -0.2) is 4.39 Å². The average Bonchev–Trinajstić information content (AvgIpc) is 2.44. The number of ether oxygens (including phenoxy) is 1. The van der Waals surface area contributed by atoms with Crippen molar-refractivity contribution >= 4 is 11.6 Å². The van der Waals surface area contributed by atoms with E-state index < -0.39 is 5.82 Å². The van der Waals surface area contributed by atoms with Crippen LogP contribution in [0.25, 0.3) is 0 Å². The second-order valence-electron chi connectivity index (χ2n) is 5.44. The van der Waals surface area contributed by atoms with E-state index >= 15 is 0 Å². The highest BCUT2D eigenvalue weighted by Gasteiger charge is 2.54. The number of halogens is 2. The van der Waals surface area contributed by atoms with Gasteiger partial charge in [0.25, 0.3) is 0 Å². The van der Waals surface area contributed by atoms with Crippen LogP contribution in [0.5, 0.6) is 5.75 Å². The third-order valence-corrected chi connectivity index (χ3v) is 5.03. The Bertz CT molecular complexity index is 462. The van der Waals surface area contributed by atoms with E-state index in [1.165, 1.54) is 0 Å². The van der Waals surface area contributed by atoms with Gasteiger partial charge in [0, 0.05) is 17.9 Å². The molecule has 1 aliphatic rings. The monoisotopic (exact) mass is 299 g/mol. The van der Waals surface area contributed by atoms with Crippen LogP contribution in [-0.2, 0) is 0 Å². The first-order valence-electron chi connectivity index (χ1n) is 7.43. The van der Waals surface area contributed by atoms with Crippen LogP contribution < -0.4 is 10.1 Å². The molecule has 0 radical (unpaired) electrons. The van der Waals surface area contributed by atoms with Crippen LogP contribution in [0.2, 0.25) is 5.02 Å². The third-order valence-electron chi connectivity index (χ3n) is 4.74. The molecule has 2 unspecified atom stereocenters. The maximum Gasteiger partial charge on any atom is 0.183 e. The highest BCUT2D eigenvalue weighted by atomic mass is 35.5. The van der Waals surface area contributed by atoms with Crippen molar-refractivity contribution in [3.8, 4) is 5.75 Å². The lowest BCUT2D eigenvalue weighted by Crippen LogP contribution is -2.64. The van der Waals surface area contributed by atoms with Gasteiger partial charge >= 0.3 is 0 Å². The SMILES string of the molecule is CCNC1CC(Oc2cccc(Cl)c2F)C1(CC)CC. The van der Waals surface area contributed by atoms with Crippen LogP contribution in [-0.4, -0.2) is 18.7 Å².